The number of aromatic nitrogens is 14. The van der Waals surface area contributed by atoms with Crippen molar-refractivity contribution in [2.45, 2.75) is 205 Å². The molecule has 0 amide bonds. The van der Waals surface area contributed by atoms with Crippen molar-refractivity contribution in [2.24, 2.45) is 7.05 Å². The number of halogens is 6. The Kier molecular flexibility index (Phi) is 32.3. The summed E-state index contributed by atoms with van der Waals surface area (Å²) >= 11 is 6.19. The second-order valence-corrected chi connectivity index (χ2v) is 33.8. The number of aryl methyl sites for hydroxylation is 15. The summed E-state index contributed by atoms with van der Waals surface area (Å²) < 4.78 is 117. The van der Waals surface area contributed by atoms with Gasteiger partial charge in [0.1, 0.15) is 79.5 Å². The van der Waals surface area contributed by atoms with Crippen molar-refractivity contribution >= 4 is 96.1 Å². The Morgan fingerprint density at radius 3 is 1.15 bits per heavy atom. The van der Waals surface area contributed by atoms with E-state index in [2.05, 4.69) is 70.7 Å². The smallest absolute Gasteiger partial charge is 0.373 e. The Morgan fingerprint density at radius 1 is 0.478 bits per heavy atom. The Hall–Kier alpha value is -12.9. The SMILES string of the molecule is CCc1cc(F)c(N)c(C(C)=O)c1.CCc1cc(F)c2nc(Cl)c(-c3nc(C)no3)c(C)c2c1.CCc1cc(F)c2nc(N3CCC(=O)CC3)c(-c3nc(C)no3)c(C)c2c1.CCc1cc(F)c2nc(N3CCC(NC4CCOCC4)CC3)c(-c3nc(C)no3)c(C)c2c1.CCc1cc(F)c2nc(N3CCC4(CC3)OCCO4)c(-c3nc(C)no3)c(C)c2c1.Cc1n[n+](C)co1.O=C=O. The minimum atomic E-state index is -0.510. The number of nitrogens with zero attached hydrogens (tertiary/aromatic N) is 17. The number of anilines is 4. The number of nitrogens with two attached hydrogens (primary N) is 1. The Bertz CT molecular complexity index is 6600. The van der Waals surface area contributed by atoms with Gasteiger partial charge in [-0.1, -0.05) is 71.5 Å². The molecule has 0 aliphatic carbocycles. The topological polar surface area (TPSA) is 381 Å². The molecule has 19 rings (SSSR count). The summed E-state index contributed by atoms with van der Waals surface area (Å²) in [5, 5.41) is 26.5. The highest BCUT2D eigenvalue weighted by Gasteiger charge is 2.42. The van der Waals surface area contributed by atoms with Gasteiger partial charge in [-0.25, -0.2) is 41.9 Å². The normalized spacial score (nSPS) is 15.0. The lowest BCUT2D eigenvalue weighted by Gasteiger charge is -2.38. The monoisotopic (exact) mass is 1860 g/mol. The van der Waals surface area contributed by atoms with Crippen molar-refractivity contribution in [3.63, 3.8) is 0 Å². The standard InChI is InChI=1S/C25H32FN5O2.C22H25FN4O3.C20H21FN4O2.C15H13ClFN3O.C10H12FNO.C4H7N2O.CO2/c1-4-17-13-20-15(2)22(25-27-16(3)30-33-25)24(29-23(20)21(26)14-17)31-9-5-18(6-10-31)28-19-7-11-32-12-8-19;1-4-15-11-16-13(2)18(21-24-14(3)26-30-21)20(25-19(16)17(23)12-15)27-7-5-22(6-8-27)28-9-10-29-22;1-4-13-9-15-11(2)17(20-22-12(3)24-27-20)19(23-18(15)16(21)10-13)25-7-5-14(26)6-8-25;1-4-9-5-10-7(2)12(15-18-8(3)20-21-15)14(16)19-13(10)11(17)6-9;1-3-7-4-8(6(2)13)10(12)9(11)5-7;1-4-5-6(2)3-7-4;2-1-3/h13-14,18-19,28H,4-12H2,1-3H3;11-12H,4-10H2,1-3H3;9-10H,4-8H2,1-3H3;5-6H,4H2,1-3H3;4-5H,3,12H2,1-2H3;3H,1-2H3;/q;;;;;+1;. The molecule has 0 radical (unpaired) electrons. The van der Waals surface area contributed by atoms with Gasteiger partial charge in [-0.2, -0.15) is 29.5 Å². The lowest BCUT2D eigenvalue weighted by Crippen LogP contribution is -2.48. The first kappa shape index (κ1) is 98.6. The number of carbonyl (C=O) groups excluding carboxylic acids is 4. The fraction of sp³-hybridized carbons (Fsp3) is 0.433. The van der Waals surface area contributed by atoms with Crippen LogP contribution in [0.1, 0.15) is 183 Å². The third-order valence-electron chi connectivity index (χ3n) is 24.3. The lowest BCUT2D eigenvalue weighted by molar-refractivity contribution is -0.731. The molecule has 706 valence electrons. The molecule has 5 aliphatic rings. The van der Waals surface area contributed by atoms with E-state index < -0.39 is 11.6 Å². The molecule has 3 N–H and O–H groups in total. The number of ketones is 2. The highest BCUT2D eigenvalue weighted by molar-refractivity contribution is 6.32. The van der Waals surface area contributed by atoms with Crippen LogP contribution < -0.4 is 30.4 Å². The van der Waals surface area contributed by atoms with Crippen LogP contribution in [0.4, 0.5) is 45.1 Å². The van der Waals surface area contributed by atoms with Gasteiger partial charge in [-0.15, -0.1) is 0 Å². The highest BCUT2D eigenvalue weighted by Crippen LogP contribution is 2.44. The van der Waals surface area contributed by atoms with E-state index in [1.54, 1.807) is 63.9 Å². The van der Waals surface area contributed by atoms with Crippen molar-refractivity contribution in [2.75, 3.05) is 86.1 Å². The van der Waals surface area contributed by atoms with E-state index in [0.29, 0.717) is 168 Å². The van der Waals surface area contributed by atoms with Crippen LogP contribution in [0.15, 0.2) is 89.6 Å². The molecular weight excluding hydrogens is 1750 g/mol. The number of Topliss-reactive ketones (excluding diaryl/α,β-unsaturated/α-hetero) is 2. The summed E-state index contributed by atoms with van der Waals surface area (Å²) in [7, 11) is 1.82. The number of piperidine rings is 3. The van der Waals surface area contributed by atoms with Gasteiger partial charge in [0, 0.05) is 129 Å². The molecule has 1 spiro atoms. The van der Waals surface area contributed by atoms with Crippen molar-refractivity contribution in [1.29, 1.82) is 0 Å². The van der Waals surface area contributed by atoms with E-state index in [9.17, 15) is 27.2 Å². The number of hydrogen-bond acceptors (Lipinski definition) is 30. The van der Waals surface area contributed by atoms with Gasteiger partial charge < -0.3 is 62.5 Å². The first-order valence-electron chi connectivity index (χ1n) is 44.9. The van der Waals surface area contributed by atoms with Crippen LogP contribution in [0.25, 0.3) is 89.4 Å². The number of hydrogen-bond donors (Lipinski definition) is 2. The number of pyridine rings is 4. The average Bonchev–Trinajstić information content (AvgIpc) is 1.18. The molecular formula is C97H110ClF5N19O12+. The third kappa shape index (κ3) is 22.6. The molecule has 9 aromatic heterocycles. The van der Waals surface area contributed by atoms with Crippen LogP contribution in [0, 0.1) is 91.4 Å². The molecule has 14 aromatic rings. The number of nitrogen functional groups attached to an aromatic ring is 1. The van der Waals surface area contributed by atoms with E-state index in [0.717, 1.165) is 174 Å². The summed E-state index contributed by atoms with van der Waals surface area (Å²) in [6, 6.07) is 18.1. The number of nitrogens with one attached hydrogen (secondary N) is 1. The third-order valence-corrected chi connectivity index (χ3v) is 24.6. The molecule has 0 bridgehead atoms. The van der Waals surface area contributed by atoms with E-state index in [4.69, 9.17) is 73.6 Å². The van der Waals surface area contributed by atoms with E-state index in [1.165, 1.54) is 25.1 Å². The fourth-order valence-corrected chi connectivity index (χ4v) is 17.3. The lowest BCUT2D eigenvalue weighted by atomic mass is 9.98. The van der Waals surface area contributed by atoms with E-state index in [1.807, 2.05) is 98.5 Å². The van der Waals surface area contributed by atoms with Crippen molar-refractivity contribution < 1.29 is 82.5 Å². The summed E-state index contributed by atoms with van der Waals surface area (Å²) in [6.07, 6.45) is 12.0. The zero-order chi connectivity index (χ0) is 96.1. The molecule has 134 heavy (non-hydrogen) atoms. The van der Waals surface area contributed by atoms with Gasteiger partial charge in [0.15, 0.2) is 41.9 Å². The van der Waals surface area contributed by atoms with Gasteiger partial charge in [0.2, 0.25) is 0 Å². The second kappa shape index (κ2) is 43.9. The second-order valence-electron chi connectivity index (χ2n) is 33.5. The molecule has 31 nitrogen and oxygen atoms in total. The molecule has 5 fully saturated rings. The van der Waals surface area contributed by atoms with Crippen LogP contribution in [0.2, 0.25) is 5.15 Å². The summed E-state index contributed by atoms with van der Waals surface area (Å²) in [6.45, 7) is 35.0. The quantitative estimate of drug-likeness (QED) is 0.0316. The average molecular weight is 1860 g/mol. The Morgan fingerprint density at radius 2 is 0.813 bits per heavy atom. The molecule has 37 heteroatoms. The maximum atomic E-state index is 15.1. The Labute approximate surface area is 775 Å². The molecule has 0 saturated carbocycles. The first-order valence-corrected chi connectivity index (χ1v) is 45.3. The van der Waals surface area contributed by atoms with Gasteiger partial charge in [0.05, 0.1) is 41.2 Å². The summed E-state index contributed by atoms with van der Waals surface area (Å²) in [5.41, 5.74) is 17.8. The van der Waals surface area contributed by atoms with Crippen LogP contribution in [-0.2, 0) is 67.7 Å². The fourth-order valence-electron chi connectivity index (χ4n) is 17.0. The zero-order valence-corrected chi connectivity index (χ0v) is 78.9. The van der Waals surface area contributed by atoms with Gasteiger partial charge in [-0.05, 0) is 231 Å². The number of benzene rings is 5. The number of ether oxygens (including phenoxy) is 3. The minimum absolute atomic E-state index is 0.0512. The summed E-state index contributed by atoms with van der Waals surface area (Å²) in [5.74, 6) is 4.10. The van der Waals surface area contributed by atoms with Crippen molar-refractivity contribution in [3.05, 3.63) is 186 Å². The van der Waals surface area contributed by atoms with Crippen molar-refractivity contribution in [1.82, 2.24) is 70.9 Å². The number of rotatable bonds is 15. The van der Waals surface area contributed by atoms with E-state index >= 15 is 4.39 Å². The molecule has 0 unspecified atom stereocenters. The van der Waals surface area contributed by atoms with Crippen LogP contribution in [-0.4, -0.2) is 167 Å². The van der Waals surface area contributed by atoms with E-state index in [-0.39, 0.29) is 62.9 Å². The zero-order valence-electron chi connectivity index (χ0n) is 78.1. The molecule has 0 atom stereocenters. The first-order chi connectivity index (χ1) is 64.3. The predicted octanol–water partition coefficient (Wildman–Crippen LogP) is 17.7. The largest absolute Gasteiger partial charge is 0.396 e. The van der Waals surface area contributed by atoms with Crippen LogP contribution in [0.3, 0.4) is 0 Å². The van der Waals surface area contributed by atoms with Crippen LogP contribution in [0.5, 0.6) is 0 Å². The predicted molar refractivity (Wildman–Crippen MR) is 493 cm³/mol. The van der Waals surface area contributed by atoms with Gasteiger partial charge in [-0.3, -0.25) is 9.59 Å². The molecule has 5 aromatic carbocycles. The minimum Gasteiger partial charge on any atom is -0.396 e. The maximum Gasteiger partial charge on any atom is 0.373 e. The molecule has 5 aliphatic heterocycles. The van der Waals surface area contributed by atoms with Crippen molar-refractivity contribution in [3.8, 4) is 45.8 Å². The molecule has 14 heterocycles. The summed E-state index contributed by atoms with van der Waals surface area (Å²) in [4.78, 5) is 81.3. The Balaban J connectivity index is 0.000000141. The molecule has 5 saturated heterocycles. The maximum absolute atomic E-state index is 15.1. The highest BCUT2D eigenvalue weighted by atomic mass is 35.5. The number of fused-ring (bicyclic) bond motifs is 4. The van der Waals surface area contributed by atoms with Gasteiger partial charge in [0.25, 0.3) is 29.5 Å². The number of carbonyl (C=O) groups is 2. The van der Waals surface area contributed by atoms with Gasteiger partial charge >= 0.3 is 12.5 Å². The van der Waals surface area contributed by atoms with Crippen LogP contribution >= 0.6 is 11.6 Å².